The molecule has 0 bridgehead atoms. The van der Waals surface area contributed by atoms with Crippen molar-refractivity contribution in [3.63, 3.8) is 0 Å². The van der Waals surface area contributed by atoms with Crippen LogP contribution >= 0.6 is 11.8 Å². The number of hydrogen-bond acceptors (Lipinski definition) is 3. The van der Waals surface area contributed by atoms with E-state index in [1.54, 1.807) is 0 Å². The van der Waals surface area contributed by atoms with Crippen LogP contribution in [0.4, 0.5) is 4.79 Å². The second kappa shape index (κ2) is 6.50. The quantitative estimate of drug-likeness (QED) is 0.636. The van der Waals surface area contributed by atoms with Crippen LogP contribution in [-0.4, -0.2) is 27.7 Å². The van der Waals surface area contributed by atoms with E-state index in [0.717, 1.165) is 39.7 Å². The Balaban J connectivity index is 1.76. The minimum absolute atomic E-state index is 0.232. The molecule has 2 heterocycles. The summed E-state index contributed by atoms with van der Waals surface area (Å²) in [6, 6.07) is 16.6. The molecule has 1 fully saturated rings. The molecule has 0 radical (unpaired) electrons. The second-order valence-corrected chi connectivity index (χ2v) is 7.45. The Hall–Kier alpha value is -2.79. The lowest BCUT2D eigenvalue weighted by Crippen LogP contribution is -2.22. The van der Waals surface area contributed by atoms with Gasteiger partial charge in [-0.05, 0) is 36.4 Å². The Morgan fingerprint density at radius 1 is 1.04 bits per heavy atom. The molecule has 26 heavy (non-hydrogen) atoms. The second-order valence-electron chi connectivity index (χ2n) is 6.46. The molecule has 1 aliphatic rings. The van der Waals surface area contributed by atoms with Gasteiger partial charge in [-0.1, -0.05) is 48.0 Å². The van der Waals surface area contributed by atoms with Crippen molar-refractivity contribution in [2.45, 2.75) is 13.5 Å². The van der Waals surface area contributed by atoms with Gasteiger partial charge >= 0.3 is 0 Å². The van der Waals surface area contributed by atoms with Crippen molar-refractivity contribution in [2.24, 2.45) is 0 Å². The number of rotatable bonds is 3. The average Bonchev–Trinajstić information content (AvgIpc) is 3.10. The smallest absolute Gasteiger partial charge is 0.293 e. The third-order valence-electron chi connectivity index (χ3n) is 4.57. The molecular weight excluding hydrogens is 344 g/mol. The van der Waals surface area contributed by atoms with E-state index in [1.807, 2.05) is 30.5 Å². The SMILES string of the molecule is Cc1ccc(Cn2cc(C=C3SC(=O)N(C)C3=O)c3ccccc32)cc1. The van der Waals surface area contributed by atoms with Crippen LogP contribution in [0.15, 0.2) is 59.6 Å². The lowest BCUT2D eigenvalue weighted by Gasteiger charge is -2.06. The van der Waals surface area contributed by atoms with Crippen molar-refractivity contribution in [3.8, 4) is 0 Å². The first-order chi connectivity index (χ1) is 12.5. The first-order valence-electron chi connectivity index (χ1n) is 8.38. The summed E-state index contributed by atoms with van der Waals surface area (Å²) in [5, 5.41) is 0.840. The van der Waals surface area contributed by atoms with Crippen LogP contribution in [0.2, 0.25) is 0 Å². The van der Waals surface area contributed by atoms with Crippen molar-refractivity contribution in [3.05, 3.63) is 76.3 Å². The number of hydrogen-bond donors (Lipinski definition) is 0. The molecule has 4 rings (SSSR count). The van der Waals surface area contributed by atoms with Gasteiger partial charge in [0, 0.05) is 36.3 Å². The number of aryl methyl sites for hydroxylation is 1. The highest BCUT2D eigenvalue weighted by molar-refractivity contribution is 8.18. The van der Waals surface area contributed by atoms with Crippen molar-refractivity contribution >= 4 is 39.9 Å². The molecule has 3 aromatic rings. The maximum Gasteiger partial charge on any atom is 0.293 e. The number of para-hydroxylation sites is 1. The van der Waals surface area contributed by atoms with Gasteiger partial charge in [0.2, 0.25) is 0 Å². The van der Waals surface area contributed by atoms with E-state index in [-0.39, 0.29) is 11.1 Å². The number of carbonyl (C=O) groups excluding carboxylic acids is 2. The normalized spacial score (nSPS) is 16.2. The van der Waals surface area contributed by atoms with Crippen molar-refractivity contribution in [2.75, 3.05) is 7.05 Å². The van der Waals surface area contributed by atoms with Crippen LogP contribution in [0.3, 0.4) is 0 Å². The fourth-order valence-corrected chi connectivity index (χ4v) is 3.92. The zero-order valence-corrected chi connectivity index (χ0v) is 15.4. The number of thioether (sulfide) groups is 1. The van der Waals surface area contributed by atoms with Gasteiger partial charge in [0.1, 0.15) is 0 Å². The Kier molecular flexibility index (Phi) is 4.17. The zero-order chi connectivity index (χ0) is 18.3. The summed E-state index contributed by atoms with van der Waals surface area (Å²) in [7, 11) is 1.51. The summed E-state index contributed by atoms with van der Waals surface area (Å²) >= 11 is 0.989. The maximum atomic E-state index is 12.2. The van der Waals surface area contributed by atoms with Crippen molar-refractivity contribution in [1.82, 2.24) is 9.47 Å². The molecule has 1 aromatic heterocycles. The molecule has 0 unspecified atom stereocenters. The van der Waals surface area contributed by atoms with E-state index >= 15 is 0 Å². The Bertz CT molecular complexity index is 1050. The fourth-order valence-electron chi connectivity index (χ4n) is 3.10. The number of nitrogens with zero attached hydrogens (tertiary/aromatic N) is 2. The Morgan fingerprint density at radius 3 is 2.46 bits per heavy atom. The van der Waals surface area contributed by atoms with Crippen LogP contribution in [-0.2, 0) is 11.3 Å². The van der Waals surface area contributed by atoms with E-state index < -0.39 is 0 Å². The van der Waals surface area contributed by atoms with Gasteiger partial charge < -0.3 is 4.57 Å². The number of likely N-dealkylation sites (N-methyl/N-ethyl adjacent to an activating group) is 1. The molecule has 0 saturated carbocycles. The van der Waals surface area contributed by atoms with Gasteiger partial charge in [0.05, 0.1) is 4.91 Å². The van der Waals surface area contributed by atoms with Gasteiger partial charge in [-0.3, -0.25) is 14.5 Å². The highest BCUT2D eigenvalue weighted by atomic mass is 32.2. The maximum absolute atomic E-state index is 12.2. The first kappa shape index (κ1) is 16.7. The molecule has 4 nitrogen and oxygen atoms in total. The predicted molar refractivity (Wildman–Crippen MR) is 106 cm³/mol. The molecule has 0 spiro atoms. The topological polar surface area (TPSA) is 42.3 Å². The van der Waals surface area contributed by atoms with Gasteiger partial charge in [0.25, 0.3) is 11.1 Å². The summed E-state index contributed by atoms with van der Waals surface area (Å²) in [5.41, 5.74) is 4.51. The fraction of sp³-hybridized carbons (Fsp3) is 0.143. The predicted octanol–water partition coefficient (Wildman–Crippen LogP) is 4.66. The molecule has 1 aliphatic heterocycles. The summed E-state index contributed by atoms with van der Waals surface area (Å²) in [5.74, 6) is -0.240. The highest BCUT2D eigenvalue weighted by Crippen LogP contribution is 2.33. The molecule has 0 N–H and O–H groups in total. The largest absolute Gasteiger partial charge is 0.342 e. The van der Waals surface area contributed by atoms with Crippen LogP contribution in [0, 0.1) is 6.92 Å². The molecule has 0 atom stereocenters. The summed E-state index contributed by atoms with van der Waals surface area (Å²) < 4.78 is 2.18. The molecule has 1 saturated heterocycles. The van der Waals surface area contributed by atoms with Crippen molar-refractivity contribution < 1.29 is 9.59 Å². The number of fused-ring (bicyclic) bond motifs is 1. The van der Waals surface area contributed by atoms with Gasteiger partial charge in [0.15, 0.2) is 0 Å². The van der Waals surface area contributed by atoms with Crippen molar-refractivity contribution in [1.29, 1.82) is 0 Å². The number of amides is 2. The van der Waals surface area contributed by atoms with E-state index in [0.29, 0.717) is 4.91 Å². The summed E-state index contributed by atoms with van der Waals surface area (Å²) in [6.07, 6.45) is 3.87. The monoisotopic (exact) mass is 362 g/mol. The highest BCUT2D eigenvalue weighted by Gasteiger charge is 2.32. The van der Waals surface area contributed by atoms with Crippen LogP contribution in [0.25, 0.3) is 17.0 Å². The van der Waals surface area contributed by atoms with Crippen LogP contribution in [0.5, 0.6) is 0 Å². The Morgan fingerprint density at radius 2 is 1.77 bits per heavy atom. The number of aromatic nitrogens is 1. The minimum atomic E-state index is -0.240. The molecule has 5 heteroatoms. The third-order valence-corrected chi connectivity index (χ3v) is 5.53. The average molecular weight is 362 g/mol. The van der Waals surface area contributed by atoms with Gasteiger partial charge in [-0.25, -0.2) is 0 Å². The van der Waals surface area contributed by atoms with E-state index in [1.165, 1.54) is 18.2 Å². The molecular formula is C21H18N2O2S. The van der Waals surface area contributed by atoms with Gasteiger partial charge in [-0.2, -0.15) is 0 Å². The molecule has 0 aliphatic carbocycles. The summed E-state index contributed by atoms with van der Waals surface area (Å²) in [6.45, 7) is 2.83. The van der Waals surface area contributed by atoms with E-state index in [2.05, 4.69) is 41.8 Å². The number of carbonyl (C=O) groups is 2. The first-order valence-corrected chi connectivity index (χ1v) is 9.19. The Labute approximate surface area is 156 Å². The lowest BCUT2D eigenvalue weighted by molar-refractivity contribution is -0.121. The molecule has 130 valence electrons. The van der Waals surface area contributed by atoms with E-state index in [9.17, 15) is 9.59 Å². The number of imide groups is 1. The van der Waals surface area contributed by atoms with Crippen LogP contribution in [0.1, 0.15) is 16.7 Å². The van der Waals surface area contributed by atoms with Gasteiger partial charge in [-0.15, -0.1) is 0 Å². The number of benzene rings is 2. The summed E-state index contributed by atoms with van der Waals surface area (Å²) in [4.78, 5) is 25.6. The molecule has 2 amide bonds. The third kappa shape index (κ3) is 2.95. The van der Waals surface area contributed by atoms with E-state index in [4.69, 9.17) is 0 Å². The standard InChI is InChI=1S/C21H18N2O2S/c1-14-7-9-15(10-8-14)12-23-13-16(17-5-3-4-6-18(17)23)11-19-20(24)22(2)21(25)26-19/h3-11,13H,12H2,1-2H3. The lowest BCUT2D eigenvalue weighted by atomic mass is 10.1. The molecule has 2 aromatic carbocycles. The van der Waals surface area contributed by atoms with Crippen LogP contribution < -0.4 is 0 Å². The minimum Gasteiger partial charge on any atom is -0.342 e. The zero-order valence-electron chi connectivity index (χ0n) is 14.6.